The van der Waals surface area contributed by atoms with E-state index < -0.39 is 11.7 Å². The first kappa shape index (κ1) is 21.4. The van der Waals surface area contributed by atoms with Crippen LogP contribution in [0.25, 0.3) is 0 Å². The van der Waals surface area contributed by atoms with Gasteiger partial charge < -0.3 is 30.2 Å². The van der Waals surface area contributed by atoms with Gasteiger partial charge in [0.15, 0.2) is 17.5 Å². The van der Waals surface area contributed by atoms with Crippen molar-refractivity contribution in [2.45, 2.75) is 32.9 Å². The Morgan fingerprint density at radius 2 is 1.69 bits per heavy atom. The highest BCUT2D eigenvalue weighted by Gasteiger charge is 2.15. The van der Waals surface area contributed by atoms with Crippen LogP contribution in [0.4, 0.5) is 4.79 Å². The van der Waals surface area contributed by atoms with E-state index in [4.69, 9.17) is 14.2 Å². The highest BCUT2D eigenvalue weighted by Crippen LogP contribution is 2.27. The van der Waals surface area contributed by atoms with Crippen molar-refractivity contribution in [3.05, 3.63) is 23.8 Å². The van der Waals surface area contributed by atoms with E-state index in [1.165, 1.54) is 0 Å². The number of hydrogen-bond donors (Lipinski definition) is 3. The summed E-state index contributed by atoms with van der Waals surface area (Å²) < 4.78 is 15.7. The molecule has 8 heteroatoms. The summed E-state index contributed by atoms with van der Waals surface area (Å²) in [6.07, 6.45) is -0.437. The third-order valence-electron chi connectivity index (χ3n) is 3.22. The minimum absolute atomic E-state index is 0.423. The number of nitrogens with one attached hydrogen (secondary N) is 3. The van der Waals surface area contributed by atoms with E-state index in [2.05, 4.69) is 20.9 Å². The molecule has 0 aliphatic heterocycles. The lowest BCUT2D eigenvalue weighted by Gasteiger charge is -2.20. The van der Waals surface area contributed by atoms with Crippen molar-refractivity contribution < 1.29 is 19.0 Å². The Balaban J connectivity index is 2.39. The molecule has 0 saturated heterocycles. The van der Waals surface area contributed by atoms with Crippen LogP contribution in [0.5, 0.6) is 11.5 Å². The first-order valence-corrected chi connectivity index (χ1v) is 8.41. The monoisotopic (exact) mass is 366 g/mol. The Morgan fingerprint density at radius 3 is 2.27 bits per heavy atom. The zero-order valence-electron chi connectivity index (χ0n) is 16.4. The van der Waals surface area contributed by atoms with Crippen LogP contribution in [0.1, 0.15) is 26.3 Å². The lowest BCUT2D eigenvalue weighted by Crippen LogP contribution is -2.42. The molecule has 0 aromatic heterocycles. The van der Waals surface area contributed by atoms with Gasteiger partial charge in [-0.05, 0) is 38.5 Å². The summed E-state index contributed by atoms with van der Waals surface area (Å²) in [6.45, 7) is 6.98. The second-order valence-corrected chi connectivity index (χ2v) is 6.47. The van der Waals surface area contributed by atoms with Crippen molar-refractivity contribution in [1.29, 1.82) is 0 Å². The number of rotatable bonds is 7. The third kappa shape index (κ3) is 7.96. The number of methoxy groups -OCH3 is 2. The van der Waals surface area contributed by atoms with E-state index in [1.54, 1.807) is 21.3 Å². The Hall–Kier alpha value is -2.64. The normalized spacial score (nSPS) is 11.5. The van der Waals surface area contributed by atoms with Gasteiger partial charge in [0.1, 0.15) is 5.60 Å². The molecule has 0 aliphatic rings. The van der Waals surface area contributed by atoms with Crippen molar-refractivity contribution in [2.24, 2.45) is 4.99 Å². The number of nitrogens with zero attached hydrogens (tertiary/aromatic N) is 1. The number of amides is 1. The largest absolute Gasteiger partial charge is 0.493 e. The van der Waals surface area contributed by atoms with Crippen molar-refractivity contribution in [3.63, 3.8) is 0 Å². The number of hydrogen-bond acceptors (Lipinski definition) is 5. The topological polar surface area (TPSA) is 93.2 Å². The number of alkyl carbamates (subject to hydrolysis) is 1. The Morgan fingerprint density at radius 1 is 1.04 bits per heavy atom. The van der Waals surface area contributed by atoms with Gasteiger partial charge in [0.05, 0.1) is 14.2 Å². The molecule has 0 bridgehead atoms. The van der Waals surface area contributed by atoms with Crippen LogP contribution in [0.2, 0.25) is 0 Å². The van der Waals surface area contributed by atoms with Gasteiger partial charge in [-0.2, -0.15) is 0 Å². The zero-order chi connectivity index (χ0) is 19.6. The van der Waals surface area contributed by atoms with Gasteiger partial charge in [0.25, 0.3) is 0 Å². The fourth-order valence-electron chi connectivity index (χ4n) is 2.06. The van der Waals surface area contributed by atoms with E-state index in [1.807, 2.05) is 39.0 Å². The molecule has 0 aliphatic carbocycles. The molecular weight excluding hydrogens is 336 g/mol. The number of carbonyl (C=O) groups is 1. The van der Waals surface area contributed by atoms with Crippen molar-refractivity contribution in [2.75, 3.05) is 34.4 Å². The van der Waals surface area contributed by atoms with E-state index in [-0.39, 0.29) is 0 Å². The van der Waals surface area contributed by atoms with Gasteiger partial charge in [-0.1, -0.05) is 6.07 Å². The molecule has 0 fully saturated rings. The summed E-state index contributed by atoms with van der Waals surface area (Å²) in [4.78, 5) is 15.7. The highest BCUT2D eigenvalue weighted by molar-refractivity contribution is 5.79. The molecule has 0 radical (unpaired) electrons. The van der Waals surface area contributed by atoms with Gasteiger partial charge in [0.2, 0.25) is 0 Å². The molecule has 0 spiro atoms. The second-order valence-electron chi connectivity index (χ2n) is 6.47. The van der Waals surface area contributed by atoms with Crippen LogP contribution in [0.3, 0.4) is 0 Å². The molecule has 1 aromatic carbocycles. The average molecular weight is 366 g/mol. The van der Waals surface area contributed by atoms with E-state index in [9.17, 15) is 4.79 Å². The molecule has 0 saturated carbocycles. The first-order chi connectivity index (χ1) is 12.3. The van der Waals surface area contributed by atoms with Crippen molar-refractivity contribution >= 4 is 12.1 Å². The van der Waals surface area contributed by atoms with Crippen LogP contribution in [-0.2, 0) is 11.3 Å². The minimum Gasteiger partial charge on any atom is -0.493 e. The summed E-state index contributed by atoms with van der Waals surface area (Å²) in [7, 11) is 4.89. The van der Waals surface area contributed by atoms with Crippen LogP contribution in [0.15, 0.2) is 23.2 Å². The molecule has 3 N–H and O–H groups in total. The second kappa shape index (κ2) is 10.4. The molecule has 146 valence electrons. The van der Waals surface area contributed by atoms with E-state index in [0.717, 1.165) is 5.56 Å². The molecule has 1 aromatic rings. The van der Waals surface area contributed by atoms with Gasteiger partial charge in [0, 0.05) is 26.7 Å². The number of aliphatic imine (C=N–C) groups is 1. The average Bonchev–Trinajstić information content (AvgIpc) is 2.59. The summed E-state index contributed by atoms with van der Waals surface area (Å²) in [6, 6.07) is 5.71. The van der Waals surface area contributed by atoms with Crippen molar-refractivity contribution in [1.82, 2.24) is 16.0 Å². The van der Waals surface area contributed by atoms with E-state index >= 15 is 0 Å². The molecule has 0 unspecified atom stereocenters. The number of guanidine groups is 1. The zero-order valence-corrected chi connectivity index (χ0v) is 16.4. The van der Waals surface area contributed by atoms with Gasteiger partial charge in [-0.3, -0.25) is 4.99 Å². The Kier molecular flexibility index (Phi) is 8.54. The SMILES string of the molecule is CN=C(NCCNC(=O)OC(C)(C)C)NCc1ccc(OC)c(OC)c1. The van der Waals surface area contributed by atoms with Crippen LogP contribution in [-0.4, -0.2) is 52.0 Å². The lowest BCUT2D eigenvalue weighted by atomic mass is 10.2. The number of carbonyl (C=O) groups excluding carboxylic acids is 1. The smallest absolute Gasteiger partial charge is 0.407 e. The maximum Gasteiger partial charge on any atom is 0.407 e. The summed E-state index contributed by atoms with van der Waals surface area (Å²) in [5, 5.41) is 9.00. The molecule has 0 atom stereocenters. The van der Waals surface area contributed by atoms with Crippen LogP contribution in [0, 0.1) is 0 Å². The highest BCUT2D eigenvalue weighted by atomic mass is 16.6. The summed E-state index contributed by atoms with van der Waals surface area (Å²) in [5.74, 6) is 1.99. The van der Waals surface area contributed by atoms with Crippen LogP contribution < -0.4 is 25.4 Å². The number of ether oxygens (including phenoxy) is 3. The Labute approximate surface area is 155 Å². The molecule has 1 rings (SSSR count). The molecule has 1 amide bonds. The Bertz CT molecular complexity index is 612. The first-order valence-electron chi connectivity index (χ1n) is 8.41. The van der Waals surface area contributed by atoms with Gasteiger partial charge in [-0.15, -0.1) is 0 Å². The molecular formula is C18H30N4O4. The standard InChI is InChI=1S/C18H30N4O4/c1-18(2,3)26-17(23)21-10-9-20-16(19-4)22-12-13-7-8-14(24-5)15(11-13)25-6/h7-8,11H,9-10,12H2,1-6H3,(H,21,23)(H2,19,20,22). The molecule has 26 heavy (non-hydrogen) atoms. The maximum atomic E-state index is 11.6. The maximum absolute atomic E-state index is 11.6. The number of benzene rings is 1. The molecule has 0 heterocycles. The fourth-order valence-corrected chi connectivity index (χ4v) is 2.06. The predicted molar refractivity (Wildman–Crippen MR) is 102 cm³/mol. The minimum atomic E-state index is -0.505. The lowest BCUT2D eigenvalue weighted by molar-refractivity contribution is 0.0529. The third-order valence-corrected chi connectivity index (χ3v) is 3.22. The predicted octanol–water partition coefficient (Wildman–Crippen LogP) is 1.89. The molecule has 8 nitrogen and oxygen atoms in total. The van der Waals surface area contributed by atoms with Gasteiger partial charge in [-0.25, -0.2) is 4.79 Å². The fraction of sp³-hybridized carbons (Fsp3) is 0.556. The van der Waals surface area contributed by atoms with Crippen molar-refractivity contribution in [3.8, 4) is 11.5 Å². The summed E-state index contributed by atoms with van der Waals surface area (Å²) >= 11 is 0. The van der Waals surface area contributed by atoms with Gasteiger partial charge >= 0.3 is 6.09 Å². The summed E-state index contributed by atoms with van der Waals surface area (Å²) in [5.41, 5.74) is 0.520. The van der Waals surface area contributed by atoms with E-state index in [0.29, 0.717) is 37.1 Å². The quantitative estimate of drug-likeness (QED) is 0.388. The van der Waals surface area contributed by atoms with Crippen LogP contribution >= 0.6 is 0 Å².